The number of hydrogen-bond acceptors (Lipinski definition) is 5. The van der Waals surface area contributed by atoms with Crippen molar-refractivity contribution in [3.63, 3.8) is 0 Å². The number of carbonyl (C=O) groups excluding carboxylic acids is 1. The maximum absolute atomic E-state index is 13.8. The van der Waals surface area contributed by atoms with E-state index < -0.39 is 23.1 Å². The van der Waals surface area contributed by atoms with E-state index in [1.807, 2.05) is 14.1 Å². The van der Waals surface area contributed by atoms with E-state index in [4.69, 9.17) is 9.97 Å². The molecule has 0 spiro atoms. The Bertz CT molecular complexity index is 953. The molecule has 1 aromatic carbocycles. The fraction of sp³-hybridized carbons (Fsp3) is 0.542. The van der Waals surface area contributed by atoms with Gasteiger partial charge in [0.25, 0.3) is 5.91 Å². The van der Waals surface area contributed by atoms with Crippen LogP contribution in [-0.4, -0.2) is 42.6 Å². The maximum atomic E-state index is 13.8. The monoisotopic (exact) mass is 443 g/mol. The highest BCUT2D eigenvalue weighted by atomic mass is 19.1. The molecule has 2 aliphatic rings. The fourth-order valence-corrected chi connectivity index (χ4v) is 4.74. The van der Waals surface area contributed by atoms with Crippen molar-refractivity contribution < 1.29 is 13.6 Å². The van der Waals surface area contributed by atoms with Gasteiger partial charge in [0.2, 0.25) is 5.95 Å². The summed E-state index contributed by atoms with van der Waals surface area (Å²) in [6, 6.07) is 3.73. The highest BCUT2D eigenvalue weighted by Crippen LogP contribution is 2.30. The maximum Gasteiger partial charge on any atom is 0.257 e. The summed E-state index contributed by atoms with van der Waals surface area (Å²) in [6.07, 6.45) is 8.11. The van der Waals surface area contributed by atoms with Crippen molar-refractivity contribution in [3.8, 4) is 0 Å². The Balaban J connectivity index is 1.31. The second kappa shape index (κ2) is 9.79. The van der Waals surface area contributed by atoms with Crippen LogP contribution in [-0.2, 0) is 12.8 Å². The zero-order valence-corrected chi connectivity index (χ0v) is 18.8. The molecule has 1 saturated carbocycles. The van der Waals surface area contributed by atoms with Crippen molar-refractivity contribution in [2.75, 3.05) is 30.9 Å². The second-order valence-corrected chi connectivity index (χ2v) is 9.07. The number of amides is 1. The van der Waals surface area contributed by atoms with Crippen molar-refractivity contribution in [2.24, 2.45) is 5.92 Å². The first kappa shape index (κ1) is 22.4. The molecule has 0 atom stereocenters. The van der Waals surface area contributed by atoms with Crippen molar-refractivity contribution in [3.05, 3.63) is 46.7 Å². The molecular weight excluding hydrogens is 412 g/mol. The minimum atomic E-state index is -0.836. The molecule has 6 nitrogen and oxygen atoms in total. The summed E-state index contributed by atoms with van der Waals surface area (Å²) >= 11 is 0. The number of aryl methyl sites for hydroxylation is 1. The number of fused-ring (bicyclic) bond motifs is 1. The van der Waals surface area contributed by atoms with E-state index in [-0.39, 0.29) is 12.0 Å². The first-order chi connectivity index (χ1) is 15.4. The van der Waals surface area contributed by atoms with E-state index in [1.54, 1.807) is 0 Å². The Hall–Kier alpha value is -2.77. The molecule has 0 aliphatic heterocycles. The van der Waals surface area contributed by atoms with Gasteiger partial charge in [-0.15, -0.1) is 0 Å². The van der Waals surface area contributed by atoms with Gasteiger partial charge >= 0.3 is 0 Å². The average Bonchev–Trinajstić information content (AvgIpc) is 2.78. The minimum Gasteiger partial charge on any atom is -0.362 e. The Morgan fingerprint density at radius 1 is 1.06 bits per heavy atom. The first-order valence-corrected chi connectivity index (χ1v) is 11.5. The quantitative estimate of drug-likeness (QED) is 0.704. The number of halogens is 2. The first-order valence-electron chi connectivity index (χ1n) is 11.5. The van der Waals surface area contributed by atoms with Gasteiger partial charge in [-0.25, -0.2) is 13.8 Å². The van der Waals surface area contributed by atoms with Crippen LogP contribution in [0.4, 0.5) is 20.5 Å². The van der Waals surface area contributed by atoms with Gasteiger partial charge in [0, 0.05) is 32.2 Å². The van der Waals surface area contributed by atoms with Crippen LogP contribution >= 0.6 is 0 Å². The molecule has 2 aromatic rings. The van der Waals surface area contributed by atoms with E-state index >= 15 is 0 Å². The van der Waals surface area contributed by atoms with Crippen LogP contribution in [0.1, 0.15) is 60.1 Å². The lowest BCUT2D eigenvalue weighted by Crippen LogP contribution is -2.35. The molecule has 0 radical (unpaired) electrons. The average molecular weight is 444 g/mol. The summed E-state index contributed by atoms with van der Waals surface area (Å²) in [4.78, 5) is 23.9. The predicted molar refractivity (Wildman–Crippen MR) is 121 cm³/mol. The highest BCUT2D eigenvalue weighted by Gasteiger charge is 2.25. The van der Waals surface area contributed by atoms with Gasteiger partial charge < -0.3 is 15.5 Å². The largest absolute Gasteiger partial charge is 0.362 e. The molecule has 2 N–H and O–H groups in total. The van der Waals surface area contributed by atoms with Crippen molar-refractivity contribution in [1.82, 2.24) is 15.3 Å². The smallest absolute Gasteiger partial charge is 0.257 e. The topological polar surface area (TPSA) is 70.2 Å². The van der Waals surface area contributed by atoms with Crippen molar-refractivity contribution in [1.29, 1.82) is 0 Å². The third kappa shape index (κ3) is 5.00. The molecule has 1 aromatic heterocycles. The molecule has 8 heteroatoms. The number of nitrogens with zero attached hydrogens (tertiary/aromatic N) is 3. The lowest BCUT2D eigenvalue weighted by atomic mass is 9.86. The molecule has 0 bridgehead atoms. The summed E-state index contributed by atoms with van der Waals surface area (Å²) in [7, 11) is 4.04. The number of nitrogens with one attached hydrogen (secondary N) is 2. The number of rotatable bonds is 6. The molecule has 172 valence electrons. The second-order valence-electron chi connectivity index (χ2n) is 9.07. The normalized spacial score (nSPS) is 20.4. The van der Waals surface area contributed by atoms with Crippen LogP contribution in [0.3, 0.4) is 0 Å². The number of hydrogen-bond donors (Lipinski definition) is 2. The Morgan fingerprint density at radius 3 is 2.44 bits per heavy atom. The summed E-state index contributed by atoms with van der Waals surface area (Å²) in [5, 5.41) is 6.22. The van der Waals surface area contributed by atoms with Crippen LogP contribution in [0.5, 0.6) is 0 Å². The lowest BCUT2D eigenvalue weighted by Gasteiger charge is -2.30. The summed E-state index contributed by atoms with van der Waals surface area (Å²) in [5.41, 5.74) is 1.93. The van der Waals surface area contributed by atoms with E-state index in [0.29, 0.717) is 12.5 Å². The number of aromatic nitrogens is 2. The molecular formula is C24H31F2N5O. The van der Waals surface area contributed by atoms with Crippen LogP contribution in [0.25, 0.3) is 0 Å². The van der Waals surface area contributed by atoms with Gasteiger partial charge in [-0.1, -0.05) is 6.07 Å². The SMILES string of the molecule is CN(C)c1nc(NC2CCC(CNC(=O)c3c(F)cccc3F)CC2)nc2c1CCCC2. The highest BCUT2D eigenvalue weighted by molar-refractivity contribution is 5.94. The van der Waals surface area contributed by atoms with Crippen molar-refractivity contribution >= 4 is 17.7 Å². The zero-order chi connectivity index (χ0) is 22.7. The van der Waals surface area contributed by atoms with E-state index in [1.165, 1.54) is 24.5 Å². The number of carbonyl (C=O) groups is 1. The molecule has 0 saturated heterocycles. The molecule has 1 heterocycles. The Kier molecular flexibility index (Phi) is 6.86. The number of benzene rings is 1. The van der Waals surface area contributed by atoms with Gasteiger partial charge in [0.1, 0.15) is 23.0 Å². The van der Waals surface area contributed by atoms with Crippen LogP contribution in [0.15, 0.2) is 18.2 Å². The molecule has 2 aliphatic carbocycles. The lowest BCUT2D eigenvalue weighted by molar-refractivity contribution is 0.0935. The van der Waals surface area contributed by atoms with Crippen LogP contribution in [0, 0.1) is 17.6 Å². The fourth-order valence-electron chi connectivity index (χ4n) is 4.74. The van der Waals surface area contributed by atoms with Crippen molar-refractivity contribution in [2.45, 2.75) is 57.4 Å². The van der Waals surface area contributed by atoms with Gasteiger partial charge in [0.05, 0.1) is 5.69 Å². The van der Waals surface area contributed by atoms with Gasteiger partial charge in [0.15, 0.2) is 0 Å². The van der Waals surface area contributed by atoms with Gasteiger partial charge in [-0.3, -0.25) is 4.79 Å². The Labute approximate surface area is 187 Å². The predicted octanol–water partition coefficient (Wildman–Crippen LogP) is 4.10. The third-order valence-electron chi connectivity index (χ3n) is 6.51. The minimum absolute atomic E-state index is 0.280. The summed E-state index contributed by atoms with van der Waals surface area (Å²) < 4.78 is 27.6. The zero-order valence-electron chi connectivity index (χ0n) is 18.8. The third-order valence-corrected chi connectivity index (χ3v) is 6.51. The molecule has 1 fully saturated rings. The summed E-state index contributed by atoms with van der Waals surface area (Å²) in [6.45, 7) is 0.416. The summed E-state index contributed by atoms with van der Waals surface area (Å²) in [5.74, 6) is -0.377. The molecule has 0 unspecified atom stereocenters. The molecule has 32 heavy (non-hydrogen) atoms. The Morgan fingerprint density at radius 2 is 1.75 bits per heavy atom. The standard InChI is InChI=1S/C24H31F2N5O/c1-31(2)22-17-6-3-4-9-20(17)29-24(30-22)28-16-12-10-15(11-13-16)14-27-23(32)21-18(25)7-5-8-19(21)26/h5,7-8,15-16H,3-4,6,9-14H2,1-2H3,(H,27,32)(H,28,29,30). The van der Waals surface area contributed by atoms with Crippen LogP contribution in [0.2, 0.25) is 0 Å². The van der Waals surface area contributed by atoms with Crippen LogP contribution < -0.4 is 15.5 Å². The van der Waals surface area contributed by atoms with Gasteiger partial charge in [-0.05, 0) is 69.4 Å². The molecule has 1 amide bonds. The van der Waals surface area contributed by atoms with E-state index in [0.717, 1.165) is 62.2 Å². The van der Waals surface area contributed by atoms with E-state index in [2.05, 4.69) is 15.5 Å². The van der Waals surface area contributed by atoms with E-state index in [9.17, 15) is 13.6 Å². The number of anilines is 2. The molecule has 4 rings (SSSR count). The van der Waals surface area contributed by atoms with Gasteiger partial charge in [-0.2, -0.15) is 4.98 Å².